The Kier molecular flexibility index (Phi) is 4.56. The van der Waals surface area contributed by atoms with Gasteiger partial charge >= 0.3 is 0 Å². The summed E-state index contributed by atoms with van der Waals surface area (Å²) in [5, 5.41) is 19.4. The Bertz CT molecular complexity index is 967. The van der Waals surface area contributed by atoms with Crippen LogP contribution in [-0.4, -0.2) is 36.7 Å². The summed E-state index contributed by atoms with van der Waals surface area (Å²) in [7, 11) is 0. The highest BCUT2D eigenvalue weighted by Gasteiger charge is 2.24. The predicted octanol–water partition coefficient (Wildman–Crippen LogP) is 2.25. The zero-order chi connectivity index (χ0) is 18.1. The zero-order valence-electron chi connectivity index (χ0n) is 13.7. The maximum atomic E-state index is 12.1. The number of hydrogen-bond donors (Lipinski definition) is 3. The van der Waals surface area contributed by atoms with Gasteiger partial charge in [-0.1, -0.05) is 29.4 Å². The van der Waals surface area contributed by atoms with Gasteiger partial charge in [0.25, 0.3) is 0 Å². The molecule has 4 N–H and O–H groups in total. The first-order valence-electron chi connectivity index (χ1n) is 8.07. The van der Waals surface area contributed by atoms with Crippen molar-refractivity contribution in [3.05, 3.63) is 40.5 Å². The second kappa shape index (κ2) is 7.00. The number of nitrogens with two attached hydrogens (primary N) is 1. The van der Waals surface area contributed by atoms with E-state index in [1.807, 2.05) is 0 Å². The summed E-state index contributed by atoms with van der Waals surface area (Å²) < 4.78 is 1.38. The molecule has 134 valence electrons. The van der Waals surface area contributed by atoms with Gasteiger partial charge in [0.05, 0.1) is 5.75 Å². The molecule has 0 bridgehead atoms. The Labute approximate surface area is 158 Å². The lowest BCUT2D eigenvalue weighted by molar-refractivity contribution is -0.113. The van der Waals surface area contributed by atoms with E-state index >= 15 is 0 Å². The average molecular weight is 390 g/mol. The van der Waals surface area contributed by atoms with Gasteiger partial charge in [0.1, 0.15) is 5.69 Å². The molecule has 0 aliphatic heterocycles. The van der Waals surface area contributed by atoms with E-state index < -0.39 is 0 Å². The number of carbonyl (C=O) groups excluding carboxylic acids is 1. The standard InChI is InChI=1S/C16H16ClN7OS/c17-9-3-1-4-10(7-9)19-13(25)8-26-16-23-22-15(24(16)18)14-11-5-2-6-12(11)20-21-14/h1,3-4,7H,2,5-6,8,18H2,(H,19,25)(H,20,21). The SMILES string of the molecule is Nn1c(SCC(=O)Nc2cccc(Cl)c2)nnc1-c1n[nH]c2c1CCC2. The highest BCUT2D eigenvalue weighted by Crippen LogP contribution is 2.30. The van der Waals surface area contributed by atoms with Crippen molar-refractivity contribution >= 4 is 35.0 Å². The lowest BCUT2D eigenvalue weighted by Gasteiger charge is -2.05. The van der Waals surface area contributed by atoms with Crippen LogP contribution < -0.4 is 11.2 Å². The lowest BCUT2D eigenvalue weighted by atomic mass is 10.2. The molecule has 1 aromatic carbocycles. The number of aryl methyl sites for hydroxylation is 1. The van der Waals surface area contributed by atoms with Crippen LogP contribution in [0, 0.1) is 0 Å². The molecule has 0 saturated carbocycles. The van der Waals surface area contributed by atoms with Crippen LogP contribution in [0.15, 0.2) is 29.4 Å². The lowest BCUT2D eigenvalue weighted by Crippen LogP contribution is -2.16. The maximum absolute atomic E-state index is 12.1. The molecule has 1 amide bonds. The van der Waals surface area contributed by atoms with Crippen molar-refractivity contribution in [1.82, 2.24) is 25.1 Å². The normalized spacial score (nSPS) is 13.0. The Morgan fingerprint density at radius 2 is 2.27 bits per heavy atom. The van der Waals surface area contributed by atoms with Crippen LogP contribution in [-0.2, 0) is 17.6 Å². The number of benzene rings is 1. The van der Waals surface area contributed by atoms with Gasteiger partial charge in [0, 0.05) is 22.0 Å². The van der Waals surface area contributed by atoms with Gasteiger partial charge in [-0.15, -0.1) is 10.2 Å². The minimum Gasteiger partial charge on any atom is -0.335 e. The van der Waals surface area contributed by atoms with Crippen LogP contribution in [0.2, 0.25) is 5.02 Å². The summed E-state index contributed by atoms with van der Waals surface area (Å²) in [6, 6.07) is 6.98. The quantitative estimate of drug-likeness (QED) is 0.455. The fourth-order valence-corrected chi connectivity index (χ4v) is 3.78. The Hall–Kier alpha value is -2.52. The number of aromatic nitrogens is 5. The molecule has 1 aliphatic rings. The molecule has 0 atom stereocenters. The third-order valence-electron chi connectivity index (χ3n) is 4.12. The van der Waals surface area contributed by atoms with Gasteiger partial charge in [-0.25, -0.2) is 4.68 Å². The molecule has 2 aromatic heterocycles. The number of rotatable bonds is 5. The van der Waals surface area contributed by atoms with Gasteiger partial charge in [0.2, 0.25) is 16.9 Å². The van der Waals surface area contributed by atoms with Crippen molar-refractivity contribution in [3.8, 4) is 11.5 Å². The molecular formula is C16H16ClN7OS. The Balaban J connectivity index is 1.43. The molecule has 3 aromatic rings. The average Bonchev–Trinajstić information content (AvgIpc) is 3.29. The van der Waals surface area contributed by atoms with Crippen LogP contribution in [0.5, 0.6) is 0 Å². The summed E-state index contributed by atoms with van der Waals surface area (Å²) in [6.07, 6.45) is 3.05. The molecule has 8 nitrogen and oxygen atoms in total. The van der Waals surface area contributed by atoms with Crippen LogP contribution in [0.3, 0.4) is 0 Å². The number of amides is 1. The smallest absolute Gasteiger partial charge is 0.234 e. The number of fused-ring (bicyclic) bond motifs is 1. The van der Waals surface area contributed by atoms with Crippen LogP contribution in [0.1, 0.15) is 17.7 Å². The Morgan fingerprint density at radius 1 is 1.38 bits per heavy atom. The summed E-state index contributed by atoms with van der Waals surface area (Å²) in [4.78, 5) is 12.1. The number of thioether (sulfide) groups is 1. The number of nitrogens with one attached hydrogen (secondary N) is 2. The van der Waals surface area contributed by atoms with Crippen molar-refractivity contribution in [3.63, 3.8) is 0 Å². The van der Waals surface area contributed by atoms with E-state index in [9.17, 15) is 4.79 Å². The van der Waals surface area contributed by atoms with E-state index in [0.29, 0.717) is 21.7 Å². The summed E-state index contributed by atoms with van der Waals surface area (Å²) in [5.41, 5.74) is 3.67. The van der Waals surface area contributed by atoms with Crippen LogP contribution >= 0.6 is 23.4 Å². The van der Waals surface area contributed by atoms with Crippen LogP contribution in [0.4, 0.5) is 5.69 Å². The van der Waals surface area contributed by atoms with Gasteiger partial charge in [-0.05, 0) is 37.5 Å². The van der Waals surface area contributed by atoms with E-state index in [1.54, 1.807) is 24.3 Å². The van der Waals surface area contributed by atoms with Gasteiger partial charge < -0.3 is 11.2 Å². The number of nitrogens with zero attached hydrogens (tertiary/aromatic N) is 4. The molecule has 0 saturated heterocycles. The van der Waals surface area contributed by atoms with E-state index in [4.69, 9.17) is 17.4 Å². The zero-order valence-corrected chi connectivity index (χ0v) is 15.3. The number of nitrogen functional groups attached to an aromatic ring is 1. The van der Waals surface area contributed by atoms with E-state index in [0.717, 1.165) is 36.2 Å². The fourth-order valence-electron chi connectivity index (χ4n) is 2.93. The van der Waals surface area contributed by atoms with Gasteiger partial charge in [-0.3, -0.25) is 9.89 Å². The molecule has 1 aliphatic carbocycles. The van der Waals surface area contributed by atoms with E-state index in [-0.39, 0.29) is 11.7 Å². The van der Waals surface area contributed by atoms with Crippen molar-refractivity contribution in [1.29, 1.82) is 0 Å². The maximum Gasteiger partial charge on any atom is 0.234 e. The fraction of sp³-hybridized carbons (Fsp3) is 0.250. The molecule has 4 rings (SSSR count). The molecule has 0 fully saturated rings. The molecule has 2 heterocycles. The van der Waals surface area contributed by atoms with Gasteiger partial charge in [0.15, 0.2) is 0 Å². The monoisotopic (exact) mass is 389 g/mol. The molecule has 0 radical (unpaired) electrons. The summed E-state index contributed by atoms with van der Waals surface area (Å²) in [5.74, 6) is 6.59. The largest absolute Gasteiger partial charge is 0.335 e. The molecule has 0 spiro atoms. The number of halogens is 1. The van der Waals surface area contributed by atoms with Crippen molar-refractivity contribution < 1.29 is 4.79 Å². The second-order valence-corrected chi connectivity index (χ2v) is 7.29. The minimum atomic E-state index is -0.178. The summed E-state index contributed by atoms with van der Waals surface area (Å²) >= 11 is 7.12. The van der Waals surface area contributed by atoms with Crippen molar-refractivity contribution in [2.24, 2.45) is 0 Å². The van der Waals surface area contributed by atoms with E-state index in [1.165, 1.54) is 16.4 Å². The topological polar surface area (TPSA) is 115 Å². The number of carbonyl (C=O) groups is 1. The predicted molar refractivity (Wildman–Crippen MR) is 101 cm³/mol. The first-order chi connectivity index (χ1) is 12.6. The van der Waals surface area contributed by atoms with E-state index in [2.05, 4.69) is 25.7 Å². The van der Waals surface area contributed by atoms with Crippen molar-refractivity contribution in [2.75, 3.05) is 16.9 Å². The molecule has 10 heteroatoms. The van der Waals surface area contributed by atoms with Crippen LogP contribution in [0.25, 0.3) is 11.5 Å². The Morgan fingerprint density at radius 3 is 3.12 bits per heavy atom. The third kappa shape index (κ3) is 3.27. The second-order valence-electron chi connectivity index (χ2n) is 5.91. The first kappa shape index (κ1) is 16.9. The summed E-state index contributed by atoms with van der Waals surface area (Å²) in [6.45, 7) is 0. The van der Waals surface area contributed by atoms with Crippen molar-refractivity contribution in [2.45, 2.75) is 24.4 Å². The highest BCUT2D eigenvalue weighted by atomic mass is 35.5. The molecule has 26 heavy (non-hydrogen) atoms. The number of hydrogen-bond acceptors (Lipinski definition) is 6. The minimum absolute atomic E-state index is 0.153. The number of anilines is 1. The van der Waals surface area contributed by atoms with Gasteiger partial charge in [-0.2, -0.15) is 5.10 Å². The number of aromatic amines is 1. The third-order valence-corrected chi connectivity index (χ3v) is 5.30. The first-order valence-corrected chi connectivity index (χ1v) is 9.43. The molecule has 0 unspecified atom stereocenters. The number of H-pyrrole nitrogens is 1. The molecular weight excluding hydrogens is 374 g/mol. The highest BCUT2D eigenvalue weighted by molar-refractivity contribution is 7.99.